The van der Waals surface area contributed by atoms with E-state index in [9.17, 15) is 9.59 Å². The number of carbonyl (C=O) groups excluding carboxylic acids is 2. The van der Waals surface area contributed by atoms with Gasteiger partial charge in [0.1, 0.15) is 11.8 Å². The van der Waals surface area contributed by atoms with Gasteiger partial charge in [0.15, 0.2) is 5.82 Å². The van der Waals surface area contributed by atoms with Gasteiger partial charge in [-0.05, 0) is 42.3 Å². The van der Waals surface area contributed by atoms with Gasteiger partial charge in [-0.15, -0.1) is 0 Å². The van der Waals surface area contributed by atoms with E-state index in [0.29, 0.717) is 51.8 Å². The topological polar surface area (TPSA) is 136 Å². The second kappa shape index (κ2) is 10.4. The lowest BCUT2D eigenvalue weighted by Crippen LogP contribution is -2.27. The van der Waals surface area contributed by atoms with Crippen LogP contribution in [0, 0.1) is 6.92 Å². The van der Waals surface area contributed by atoms with Gasteiger partial charge in [0.2, 0.25) is 0 Å². The van der Waals surface area contributed by atoms with Crippen LogP contribution >= 0.6 is 11.6 Å². The van der Waals surface area contributed by atoms with Crippen molar-refractivity contribution in [2.24, 2.45) is 0 Å². The molecule has 0 fully saturated rings. The number of amides is 3. The number of benzene rings is 2. The largest absolute Gasteiger partial charge is 0.383 e. The Morgan fingerprint density at radius 2 is 1.91 bits per heavy atom. The number of nitrogens with zero attached hydrogens (tertiary/aromatic N) is 3. The van der Waals surface area contributed by atoms with Gasteiger partial charge in [0, 0.05) is 41.8 Å². The third kappa shape index (κ3) is 5.18. The van der Waals surface area contributed by atoms with Gasteiger partial charge in [-0.2, -0.15) is 5.10 Å². The Balaban J connectivity index is 1.59. The number of nitrogens with two attached hydrogens (primary N) is 1. The lowest BCUT2D eigenvalue weighted by atomic mass is 10.0. The van der Waals surface area contributed by atoms with Crippen molar-refractivity contribution < 1.29 is 14.3 Å². The number of carbonyl (C=O) groups is 2. The molecule has 35 heavy (non-hydrogen) atoms. The smallest absolute Gasteiger partial charge is 0.323 e. The molecule has 2 aromatic heterocycles. The van der Waals surface area contributed by atoms with Crippen molar-refractivity contribution in [3.05, 3.63) is 71.1 Å². The van der Waals surface area contributed by atoms with Crippen LogP contribution in [-0.2, 0) is 4.74 Å². The van der Waals surface area contributed by atoms with Gasteiger partial charge in [-0.3, -0.25) is 4.79 Å². The number of nitrogens with one attached hydrogen (secondary N) is 3. The summed E-state index contributed by atoms with van der Waals surface area (Å²) in [6.07, 6.45) is 2.93. The van der Waals surface area contributed by atoms with Gasteiger partial charge in [-0.25, -0.2) is 14.3 Å². The van der Waals surface area contributed by atoms with Gasteiger partial charge < -0.3 is 26.4 Å². The van der Waals surface area contributed by atoms with Crippen LogP contribution < -0.4 is 21.7 Å². The second-order valence-corrected chi connectivity index (χ2v) is 8.08. The first-order valence-corrected chi connectivity index (χ1v) is 11.1. The summed E-state index contributed by atoms with van der Waals surface area (Å²) in [6, 6.07) is 11.9. The van der Waals surface area contributed by atoms with Crippen LogP contribution in [0.25, 0.3) is 16.6 Å². The van der Waals surface area contributed by atoms with Crippen LogP contribution in [0.2, 0.25) is 5.02 Å². The lowest BCUT2D eigenvalue weighted by Gasteiger charge is -2.12. The monoisotopic (exact) mass is 493 g/mol. The molecule has 0 aliphatic heterocycles. The zero-order chi connectivity index (χ0) is 24.9. The molecule has 0 spiro atoms. The fourth-order valence-electron chi connectivity index (χ4n) is 3.61. The molecular weight excluding hydrogens is 470 g/mol. The molecule has 4 rings (SSSR count). The van der Waals surface area contributed by atoms with Crippen molar-refractivity contribution in [1.82, 2.24) is 19.9 Å². The van der Waals surface area contributed by atoms with Crippen molar-refractivity contribution in [3.8, 4) is 11.1 Å². The highest BCUT2D eigenvalue weighted by Crippen LogP contribution is 2.33. The van der Waals surface area contributed by atoms with Gasteiger partial charge in [-0.1, -0.05) is 29.8 Å². The maximum absolute atomic E-state index is 12.9. The third-order valence-corrected chi connectivity index (χ3v) is 5.80. The normalized spacial score (nSPS) is 10.8. The number of ether oxygens (including phenoxy) is 1. The van der Waals surface area contributed by atoms with Crippen LogP contribution in [-0.4, -0.2) is 46.8 Å². The molecule has 0 saturated heterocycles. The lowest BCUT2D eigenvalue weighted by molar-refractivity contribution is 0.0937. The van der Waals surface area contributed by atoms with Gasteiger partial charge >= 0.3 is 6.03 Å². The predicted octanol–water partition coefficient (Wildman–Crippen LogP) is 3.96. The maximum atomic E-state index is 12.9. The Kier molecular flexibility index (Phi) is 7.14. The Bertz CT molecular complexity index is 1390. The summed E-state index contributed by atoms with van der Waals surface area (Å²) >= 11 is 6.12. The molecule has 0 unspecified atom stereocenters. The average molecular weight is 494 g/mol. The molecule has 4 aromatic rings. The summed E-state index contributed by atoms with van der Waals surface area (Å²) in [5.74, 6) is -0.0511. The van der Waals surface area contributed by atoms with Crippen molar-refractivity contribution in [3.63, 3.8) is 0 Å². The SMILES string of the molecule is COCCNC(=O)c1cn2ncnc(N)c2c1-c1ccc(NC(=O)Nc2cccc(Cl)c2C)cc1. The van der Waals surface area contributed by atoms with Crippen LogP contribution in [0.15, 0.2) is 55.0 Å². The summed E-state index contributed by atoms with van der Waals surface area (Å²) in [6.45, 7) is 2.56. The Morgan fingerprint density at radius 3 is 2.66 bits per heavy atom. The number of fused-ring (bicyclic) bond motifs is 1. The fourth-order valence-corrected chi connectivity index (χ4v) is 3.78. The number of urea groups is 1. The molecule has 5 N–H and O–H groups in total. The summed E-state index contributed by atoms with van der Waals surface area (Å²) in [4.78, 5) is 29.4. The molecule has 0 bridgehead atoms. The zero-order valence-corrected chi connectivity index (χ0v) is 19.9. The first-order valence-electron chi connectivity index (χ1n) is 10.7. The van der Waals surface area contributed by atoms with E-state index >= 15 is 0 Å². The Labute approximate surface area is 206 Å². The number of aromatic nitrogens is 3. The Hall–Kier alpha value is -4.15. The second-order valence-electron chi connectivity index (χ2n) is 7.67. The first kappa shape index (κ1) is 24.0. The zero-order valence-electron chi connectivity index (χ0n) is 19.1. The summed E-state index contributed by atoms with van der Waals surface area (Å²) in [5.41, 5.74) is 10.3. The van der Waals surface area contributed by atoms with Crippen LogP contribution in [0.4, 0.5) is 22.0 Å². The van der Waals surface area contributed by atoms with Crippen LogP contribution in [0.1, 0.15) is 15.9 Å². The molecule has 0 radical (unpaired) electrons. The van der Waals surface area contributed by atoms with E-state index in [1.165, 1.54) is 10.8 Å². The number of methoxy groups -OCH3 is 1. The van der Waals surface area contributed by atoms with Gasteiger partial charge in [0.05, 0.1) is 12.2 Å². The third-order valence-electron chi connectivity index (χ3n) is 5.39. The summed E-state index contributed by atoms with van der Waals surface area (Å²) in [5, 5.41) is 13.1. The highest BCUT2D eigenvalue weighted by atomic mass is 35.5. The molecule has 10 nitrogen and oxygen atoms in total. The number of anilines is 3. The fraction of sp³-hybridized carbons (Fsp3) is 0.167. The number of hydrogen-bond donors (Lipinski definition) is 4. The minimum atomic E-state index is -0.409. The predicted molar refractivity (Wildman–Crippen MR) is 136 cm³/mol. The minimum absolute atomic E-state index is 0.240. The molecule has 180 valence electrons. The highest BCUT2D eigenvalue weighted by molar-refractivity contribution is 6.31. The van der Waals surface area contributed by atoms with E-state index in [2.05, 4.69) is 26.0 Å². The number of halogens is 1. The molecule has 0 aliphatic rings. The van der Waals surface area contributed by atoms with Crippen LogP contribution in [0.3, 0.4) is 0 Å². The number of hydrogen-bond acceptors (Lipinski definition) is 6. The summed E-state index contributed by atoms with van der Waals surface area (Å²) < 4.78 is 6.53. The van der Waals surface area contributed by atoms with E-state index < -0.39 is 6.03 Å². The minimum Gasteiger partial charge on any atom is -0.383 e. The molecule has 3 amide bonds. The maximum Gasteiger partial charge on any atom is 0.323 e. The number of rotatable bonds is 7. The van der Waals surface area contributed by atoms with Gasteiger partial charge in [0.25, 0.3) is 5.91 Å². The van der Waals surface area contributed by atoms with Crippen molar-refractivity contribution >= 4 is 46.2 Å². The molecular formula is C24H24ClN7O3. The molecule has 2 heterocycles. The Morgan fingerprint density at radius 1 is 1.14 bits per heavy atom. The van der Waals surface area contributed by atoms with E-state index in [1.807, 2.05) is 6.92 Å². The van der Waals surface area contributed by atoms with E-state index in [0.717, 1.165) is 5.56 Å². The molecule has 2 aromatic carbocycles. The van der Waals surface area contributed by atoms with Crippen LogP contribution in [0.5, 0.6) is 0 Å². The quantitative estimate of drug-likeness (QED) is 0.288. The molecule has 11 heteroatoms. The van der Waals surface area contributed by atoms with E-state index in [-0.39, 0.29) is 11.7 Å². The number of nitrogen functional groups attached to an aromatic ring is 1. The highest BCUT2D eigenvalue weighted by Gasteiger charge is 2.21. The summed E-state index contributed by atoms with van der Waals surface area (Å²) in [7, 11) is 1.56. The standard InChI is InChI=1S/C24H24ClN7O3/c1-14-18(25)4-3-5-19(14)31-24(34)30-16-8-6-15(7-9-16)20-17(23(33)27-10-11-35-2)12-32-21(20)22(26)28-13-29-32/h3-9,12-13H,10-11H2,1-2H3,(H,27,33)(H2,26,28,29)(H2,30,31,34). The average Bonchev–Trinajstić information content (AvgIpc) is 3.24. The van der Waals surface area contributed by atoms with Crippen molar-refractivity contribution in [2.75, 3.05) is 36.6 Å². The molecule has 0 aliphatic carbocycles. The first-order chi connectivity index (χ1) is 16.9. The molecule has 0 saturated carbocycles. The van der Waals surface area contributed by atoms with Crippen molar-refractivity contribution in [1.29, 1.82) is 0 Å². The van der Waals surface area contributed by atoms with E-state index in [1.54, 1.807) is 55.8 Å². The van der Waals surface area contributed by atoms with Crippen molar-refractivity contribution in [2.45, 2.75) is 6.92 Å². The molecule has 0 atom stereocenters. The van der Waals surface area contributed by atoms with E-state index in [4.69, 9.17) is 22.1 Å².